The van der Waals surface area contributed by atoms with Gasteiger partial charge in [0, 0.05) is 24.9 Å². The van der Waals surface area contributed by atoms with Crippen LogP contribution in [0.5, 0.6) is 5.75 Å². The van der Waals surface area contributed by atoms with E-state index in [-0.39, 0.29) is 11.7 Å². The smallest absolute Gasteiger partial charge is 0.223 e. The van der Waals surface area contributed by atoms with Gasteiger partial charge in [-0.1, -0.05) is 103 Å². The largest absolute Gasteiger partial charge is 0.459 e. The molecule has 34 heavy (non-hydrogen) atoms. The molecule has 1 aromatic rings. The Morgan fingerprint density at radius 1 is 0.912 bits per heavy atom. The summed E-state index contributed by atoms with van der Waals surface area (Å²) in [6, 6.07) is 1.61. The molecule has 0 radical (unpaired) electrons. The van der Waals surface area contributed by atoms with Crippen molar-refractivity contribution < 1.29 is 9.47 Å². The van der Waals surface area contributed by atoms with Gasteiger partial charge in [-0.05, 0) is 32.1 Å². The van der Waals surface area contributed by atoms with Crippen LogP contribution >= 0.6 is 0 Å². The highest BCUT2D eigenvalue weighted by Crippen LogP contribution is 2.21. The van der Waals surface area contributed by atoms with Crippen LogP contribution in [-0.2, 0) is 11.2 Å². The standard InChI is InChI=1S/C30H51NO3/c1-3-5-6-7-8-9-10-11-12-13-14-15-16-17-18-20-24-31-25-23-28(32)30(27(31)4-2)34-29-22-19-21-26-33-29/h20,23-25,29H,3-19,21-22,26H2,1-2H3. The van der Waals surface area contributed by atoms with E-state index < -0.39 is 0 Å². The molecule has 2 heterocycles. The van der Waals surface area contributed by atoms with Gasteiger partial charge in [0.25, 0.3) is 0 Å². The summed E-state index contributed by atoms with van der Waals surface area (Å²) in [7, 11) is 0. The molecule has 0 N–H and O–H groups in total. The number of rotatable bonds is 19. The lowest BCUT2D eigenvalue weighted by Crippen LogP contribution is -2.28. The molecule has 0 spiro atoms. The van der Waals surface area contributed by atoms with Gasteiger partial charge in [0.1, 0.15) is 0 Å². The molecule has 1 unspecified atom stereocenters. The second-order valence-corrected chi connectivity index (χ2v) is 9.90. The summed E-state index contributed by atoms with van der Waals surface area (Å²) in [5, 5.41) is 0. The first-order valence-corrected chi connectivity index (χ1v) is 14.4. The second kappa shape index (κ2) is 18.7. The van der Waals surface area contributed by atoms with Crippen molar-refractivity contribution in [2.75, 3.05) is 6.61 Å². The van der Waals surface area contributed by atoms with Gasteiger partial charge in [-0.25, -0.2) is 0 Å². The highest BCUT2D eigenvalue weighted by Gasteiger charge is 2.19. The first-order chi connectivity index (χ1) is 16.8. The molecule has 0 saturated carbocycles. The van der Waals surface area contributed by atoms with E-state index in [1.54, 1.807) is 6.07 Å². The lowest BCUT2D eigenvalue weighted by molar-refractivity contribution is -0.106. The second-order valence-electron chi connectivity index (χ2n) is 9.90. The van der Waals surface area contributed by atoms with Crippen LogP contribution in [0.1, 0.15) is 135 Å². The maximum absolute atomic E-state index is 12.4. The zero-order valence-electron chi connectivity index (χ0n) is 22.2. The SMILES string of the molecule is CCCCCCCCCCCCCCCCC=Cn1ccc(=O)c(OC2CCCCO2)c1CC. The average molecular weight is 474 g/mol. The fourth-order valence-corrected chi connectivity index (χ4v) is 4.76. The minimum absolute atomic E-state index is 0.0531. The molecule has 0 aliphatic carbocycles. The van der Waals surface area contributed by atoms with Crippen molar-refractivity contribution in [3.05, 3.63) is 34.3 Å². The fraction of sp³-hybridized carbons (Fsp3) is 0.767. The first-order valence-electron chi connectivity index (χ1n) is 14.4. The van der Waals surface area contributed by atoms with E-state index in [0.717, 1.165) is 37.8 Å². The van der Waals surface area contributed by atoms with Crippen molar-refractivity contribution in [3.8, 4) is 5.75 Å². The molecule has 0 amide bonds. The van der Waals surface area contributed by atoms with Crippen molar-refractivity contribution in [3.63, 3.8) is 0 Å². The predicted octanol–water partition coefficient (Wildman–Crippen LogP) is 8.66. The number of hydrogen-bond donors (Lipinski definition) is 0. The highest BCUT2D eigenvalue weighted by atomic mass is 16.7. The molecule has 1 saturated heterocycles. The minimum atomic E-state index is -0.290. The third kappa shape index (κ3) is 11.7. The zero-order chi connectivity index (χ0) is 24.3. The van der Waals surface area contributed by atoms with Crippen LogP contribution in [0.25, 0.3) is 6.20 Å². The molecular formula is C30H51NO3. The maximum atomic E-state index is 12.4. The Morgan fingerprint density at radius 2 is 1.53 bits per heavy atom. The Kier molecular flexibility index (Phi) is 15.8. The molecule has 1 fully saturated rings. The van der Waals surface area contributed by atoms with Gasteiger partial charge < -0.3 is 14.0 Å². The Hall–Kier alpha value is -1.55. The molecule has 1 atom stereocenters. The van der Waals surface area contributed by atoms with Gasteiger partial charge in [0.05, 0.1) is 12.3 Å². The molecule has 194 valence electrons. The zero-order valence-corrected chi connectivity index (χ0v) is 22.2. The van der Waals surface area contributed by atoms with E-state index in [4.69, 9.17) is 9.47 Å². The molecule has 4 heteroatoms. The molecule has 1 aromatic heterocycles. The topological polar surface area (TPSA) is 40.5 Å². The van der Waals surface area contributed by atoms with E-state index in [2.05, 4.69) is 26.1 Å². The third-order valence-electron chi connectivity index (χ3n) is 6.90. The normalized spacial score (nSPS) is 16.4. The lowest BCUT2D eigenvalue weighted by atomic mass is 10.0. The van der Waals surface area contributed by atoms with E-state index in [9.17, 15) is 4.79 Å². The summed E-state index contributed by atoms with van der Waals surface area (Å²) in [5.74, 6) is 0.457. The summed E-state index contributed by atoms with van der Waals surface area (Å²) in [4.78, 5) is 12.4. The van der Waals surface area contributed by atoms with Crippen molar-refractivity contribution in [1.82, 2.24) is 4.57 Å². The number of nitrogens with zero attached hydrogens (tertiary/aromatic N) is 1. The van der Waals surface area contributed by atoms with Crippen molar-refractivity contribution in [1.29, 1.82) is 0 Å². The van der Waals surface area contributed by atoms with Crippen molar-refractivity contribution in [2.45, 2.75) is 142 Å². The van der Waals surface area contributed by atoms with E-state index in [1.165, 1.54) is 89.9 Å². The average Bonchev–Trinajstić information content (AvgIpc) is 2.86. The number of allylic oxidation sites excluding steroid dienone is 1. The molecule has 0 aromatic carbocycles. The number of aromatic nitrogens is 1. The first kappa shape index (κ1) is 28.7. The molecule has 1 aliphatic rings. The molecular weight excluding hydrogens is 422 g/mol. The third-order valence-corrected chi connectivity index (χ3v) is 6.90. The van der Waals surface area contributed by atoms with Crippen LogP contribution in [0, 0.1) is 0 Å². The van der Waals surface area contributed by atoms with Gasteiger partial charge >= 0.3 is 0 Å². The summed E-state index contributed by atoms with van der Waals surface area (Å²) in [5.41, 5.74) is 0.876. The molecule has 0 bridgehead atoms. The minimum Gasteiger partial charge on any atom is -0.459 e. The molecule has 4 nitrogen and oxygen atoms in total. The Morgan fingerprint density at radius 3 is 2.09 bits per heavy atom. The molecule has 2 rings (SSSR count). The summed E-state index contributed by atoms with van der Waals surface area (Å²) in [6.07, 6.45) is 30.2. The van der Waals surface area contributed by atoms with Gasteiger partial charge in [-0.2, -0.15) is 0 Å². The summed E-state index contributed by atoms with van der Waals surface area (Å²) >= 11 is 0. The van der Waals surface area contributed by atoms with Crippen molar-refractivity contribution in [2.24, 2.45) is 0 Å². The van der Waals surface area contributed by atoms with Gasteiger partial charge in [-0.15, -0.1) is 0 Å². The van der Waals surface area contributed by atoms with E-state index >= 15 is 0 Å². The fourth-order valence-electron chi connectivity index (χ4n) is 4.76. The van der Waals surface area contributed by atoms with Gasteiger partial charge in [-0.3, -0.25) is 4.79 Å². The van der Waals surface area contributed by atoms with E-state index in [1.807, 2.05) is 10.8 Å². The monoisotopic (exact) mass is 473 g/mol. The Balaban J connectivity index is 1.57. The lowest BCUT2D eigenvalue weighted by Gasteiger charge is -2.24. The number of pyridine rings is 1. The van der Waals surface area contributed by atoms with Crippen LogP contribution in [0.2, 0.25) is 0 Å². The van der Waals surface area contributed by atoms with Crippen LogP contribution < -0.4 is 10.2 Å². The number of ether oxygens (including phenoxy) is 2. The summed E-state index contributed by atoms with van der Waals surface area (Å²) < 4.78 is 13.7. The Labute approximate surface area is 209 Å². The Bertz CT molecular complexity index is 718. The van der Waals surface area contributed by atoms with Crippen LogP contribution in [0.3, 0.4) is 0 Å². The van der Waals surface area contributed by atoms with Crippen LogP contribution in [-0.4, -0.2) is 17.5 Å². The number of hydrogen-bond acceptors (Lipinski definition) is 3. The van der Waals surface area contributed by atoms with Gasteiger partial charge in [0.15, 0.2) is 12.0 Å². The van der Waals surface area contributed by atoms with Crippen LogP contribution in [0.15, 0.2) is 23.1 Å². The summed E-state index contributed by atoms with van der Waals surface area (Å²) in [6.45, 7) is 5.07. The highest BCUT2D eigenvalue weighted by molar-refractivity contribution is 5.36. The quantitative estimate of drug-likeness (QED) is 0.189. The predicted molar refractivity (Wildman–Crippen MR) is 145 cm³/mol. The number of unbranched alkanes of at least 4 members (excludes halogenated alkanes) is 14. The van der Waals surface area contributed by atoms with Crippen molar-refractivity contribution >= 4 is 6.20 Å². The van der Waals surface area contributed by atoms with E-state index in [0.29, 0.717) is 12.4 Å². The van der Waals surface area contributed by atoms with Crippen LogP contribution in [0.4, 0.5) is 0 Å². The van der Waals surface area contributed by atoms with Gasteiger partial charge in [0.2, 0.25) is 5.43 Å². The maximum Gasteiger partial charge on any atom is 0.223 e. The molecule has 1 aliphatic heterocycles.